The summed E-state index contributed by atoms with van der Waals surface area (Å²) >= 11 is 0. The molecule has 0 aliphatic rings. The molecule has 112 valence electrons. The number of hydrogen-bond acceptors (Lipinski definition) is 4. The highest BCUT2D eigenvalue weighted by molar-refractivity contribution is 5.66. The smallest absolute Gasteiger partial charge is 0.325 e. The molecule has 1 aromatic rings. The molecule has 3 N–H and O–H groups in total. The zero-order valence-corrected chi connectivity index (χ0v) is 11.3. The number of aldehydes is 1. The zero-order valence-electron chi connectivity index (χ0n) is 11.3. The second-order valence-electron chi connectivity index (χ2n) is 4.16. The topological polar surface area (TPSA) is 120 Å². The minimum absolute atomic E-state index is 0.272. The molecule has 0 radical (unpaired) electrons. The van der Waals surface area contributed by atoms with E-state index in [0.29, 0.717) is 6.42 Å². The molecular weight excluding hydrogens is 264 g/mol. The lowest BCUT2D eigenvalue weighted by molar-refractivity contribution is -0.137. The third-order valence-corrected chi connectivity index (χ3v) is 2.40. The molecule has 0 fully saturated rings. The third kappa shape index (κ3) is 12.3. The van der Waals surface area contributed by atoms with Crippen molar-refractivity contribution in [1.29, 1.82) is 0 Å². The van der Waals surface area contributed by atoms with E-state index >= 15 is 0 Å². The lowest BCUT2D eigenvalue weighted by Crippen LogP contribution is -2.19. The molecule has 0 saturated carbocycles. The van der Waals surface area contributed by atoms with E-state index in [1.165, 1.54) is 12.3 Å². The number of hydrogen-bond donors (Lipinski definition) is 3. The first-order valence-electron chi connectivity index (χ1n) is 6.49. The van der Waals surface area contributed by atoms with Gasteiger partial charge in [-0.15, -0.1) is 0 Å². The minimum Gasteiger partial charge on any atom is -0.481 e. The summed E-state index contributed by atoms with van der Waals surface area (Å²) in [4.78, 5) is 44.7. The van der Waals surface area contributed by atoms with Gasteiger partial charge in [0.1, 0.15) is 6.29 Å². The zero-order chi connectivity index (χ0) is 15.2. The van der Waals surface area contributed by atoms with Crippen molar-refractivity contribution < 1.29 is 14.7 Å². The Hall–Kier alpha value is -2.18. The summed E-state index contributed by atoms with van der Waals surface area (Å²) in [5.41, 5.74) is -0.855. The molecule has 0 amide bonds. The summed E-state index contributed by atoms with van der Waals surface area (Å²) in [7, 11) is 0. The van der Waals surface area contributed by atoms with E-state index < -0.39 is 11.7 Å². The minimum atomic E-state index is -0.720. The van der Waals surface area contributed by atoms with Crippen LogP contribution in [0.2, 0.25) is 0 Å². The van der Waals surface area contributed by atoms with Crippen LogP contribution in [-0.2, 0) is 9.59 Å². The van der Waals surface area contributed by atoms with Gasteiger partial charge >= 0.3 is 11.7 Å². The Morgan fingerprint density at radius 3 is 2.30 bits per heavy atom. The molecule has 1 heterocycles. The number of carboxylic acids is 1. The van der Waals surface area contributed by atoms with Gasteiger partial charge in [-0.1, -0.05) is 19.3 Å². The maximum absolute atomic E-state index is 10.2. The molecule has 0 atom stereocenters. The van der Waals surface area contributed by atoms with Gasteiger partial charge in [-0.2, -0.15) is 0 Å². The van der Waals surface area contributed by atoms with Gasteiger partial charge in [-0.3, -0.25) is 14.6 Å². The highest BCUT2D eigenvalue weighted by atomic mass is 16.4. The first kappa shape index (κ1) is 17.8. The van der Waals surface area contributed by atoms with Gasteiger partial charge in [-0.05, 0) is 12.8 Å². The van der Waals surface area contributed by atoms with Gasteiger partial charge in [0.05, 0.1) is 0 Å². The second kappa shape index (κ2) is 11.9. The molecule has 0 bridgehead atoms. The van der Waals surface area contributed by atoms with E-state index in [-0.39, 0.29) is 12.0 Å². The molecule has 1 rings (SSSR count). The van der Waals surface area contributed by atoms with Crippen LogP contribution in [0.25, 0.3) is 0 Å². The van der Waals surface area contributed by atoms with E-state index in [9.17, 15) is 19.2 Å². The van der Waals surface area contributed by atoms with Gasteiger partial charge in [0.2, 0.25) is 0 Å². The van der Waals surface area contributed by atoms with Crippen LogP contribution in [0, 0.1) is 0 Å². The average molecular weight is 284 g/mol. The largest absolute Gasteiger partial charge is 0.481 e. The van der Waals surface area contributed by atoms with Crippen LogP contribution in [0.15, 0.2) is 21.9 Å². The van der Waals surface area contributed by atoms with Crippen molar-refractivity contribution in [3.63, 3.8) is 0 Å². The summed E-state index contributed by atoms with van der Waals surface area (Å²) in [5, 5.41) is 8.31. The predicted octanol–water partition coefficient (Wildman–Crippen LogP) is 1.06. The van der Waals surface area contributed by atoms with Crippen LogP contribution < -0.4 is 11.2 Å². The van der Waals surface area contributed by atoms with Gasteiger partial charge < -0.3 is 14.9 Å². The lowest BCUT2D eigenvalue weighted by atomic mass is 10.1. The Bertz CT molecular complexity index is 467. The van der Waals surface area contributed by atoms with E-state index in [0.717, 1.165) is 38.4 Å². The number of nitrogens with one attached hydrogen (secondary N) is 2. The van der Waals surface area contributed by atoms with Gasteiger partial charge in [0, 0.05) is 25.1 Å². The van der Waals surface area contributed by atoms with Crippen molar-refractivity contribution in [2.24, 2.45) is 0 Å². The van der Waals surface area contributed by atoms with Crippen molar-refractivity contribution in [3.8, 4) is 0 Å². The van der Waals surface area contributed by atoms with Gasteiger partial charge in [-0.25, -0.2) is 4.79 Å². The Balaban J connectivity index is 0.000000388. The molecule has 0 aliphatic carbocycles. The standard InChI is InChI=1S/C9H16O3.C4H4N2O2/c10-8-6-4-2-1-3-5-7-9(11)12;7-3-1-2-5-4(8)6-3/h8H,1-7H2,(H,11,12);1-2H,(H2,5,6,7,8). The maximum atomic E-state index is 10.2. The fourth-order valence-corrected chi connectivity index (χ4v) is 1.42. The first-order chi connectivity index (χ1) is 9.56. The molecule has 20 heavy (non-hydrogen) atoms. The van der Waals surface area contributed by atoms with Crippen LogP contribution in [0.1, 0.15) is 44.9 Å². The summed E-state index contributed by atoms with van der Waals surface area (Å²) < 4.78 is 0. The Labute approximate surface area is 116 Å². The number of carbonyl (C=O) groups is 2. The highest BCUT2D eigenvalue weighted by Crippen LogP contribution is 2.05. The van der Waals surface area contributed by atoms with E-state index in [4.69, 9.17) is 5.11 Å². The Morgan fingerprint density at radius 1 is 1.15 bits per heavy atom. The molecule has 7 heteroatoms. The van der Waals surface area contributed by atoms with Gasteiger partial charge in [0.15, 0.2) is 0 Å². The molecule has 0 spiro atoms. The van der Waals surface area contributed by atoms with Crippen molar-refractivity contribution in [2.45, 2.75) is 44.9 Å². The number of carboxylic acid groups (broad SMARTS) is 1. The Kier molecular flexibility index (Phi) is 10.6. The summed E-state index contributed by atoms with van der Waals surface area (Å²) in [5.74, 6) is -0.720. The number of unbranched alkanes of at least 4 members (excludes halogenated alkanes) is 5. The number of H-pyrrole nitrogens is 2. The van der Waals surface area contributed by atoms with E-state index in [1.807, 2.05) is 4.98 Å². The monoisotopic (exact) mass is 284 g/mol. The van der Waals surface area contributed by atoms with Crippen molar-refractivity contribution in [2.75, 3.05) is 0 Å². The molecule has 0 saturated heterocycles. The van der Waals surface area contributed by atoms with Crippen molar-refractivity contribution >= 4 is 12.3 Å². The number of aromatic nitrogens is 2. The second-order valence-corrected chi connectivity index (χ2v) is 4.16. The van der Waals surface area contributed by atoms with Crippen LogP contribution in [0.3, 0.4) is 0 Å². The van der Waals surface area contributed by atoms with Crippen LogP contribution in [-0.4, -0.2) is 27.3 Å². The lowest BCUT2D eigenvalue weighted by Gasteiger charge is -1.96. The predicted molar refractivity (Wildman–Crippen MR) is 73.7 cm³/mol. The number of aromatic amines is 2. The van der Waals surface area contributed by atoms with Crippen LogP contribution >= 0.6 is 0 Å². The van der Waals surface area contributed by atoms with E-state index in [2.05, 4.69) is 4.98 Å². The average Bonchev–Trinajstić information content (AvgIpc) is 2.38. The maximum Gasteiger partial charge on any atom is 0.325 e. The first-order valence-corrected chi connectivity index (χ1v) is 6.49. The molecule has 1 aromatic heterocycles. The van der Waals surface area contributed by atoms with Gasteiger partial charge in [0.25, 0.3) is 5.56 Å². The quantitative estimate of drug-likeness (QED) is 0.487. The van der Waals surface area contributed by atoms with Crippen molar-refractivity contribution in [1.82, 2.24) is 9.97 Å². The number of rotatable bonds is 8. The normalized spacial score (nSPS) is 9.40. The molecule has 7 nitrogen and oxygen atoms in total. The Morgan fingerprint density at radius 2 is 1.80 bits per heavy atom. The fraction of sp³-hybridized carbons (Fsp3) is 0.538. The molecule has 0 aliphatic heterocycles. The third-order valence-electron chi connectivity index (χ3n) is 2.40. The fourth-order valence-electron chi connectivity index (χ4n) is 1.42. The highest BCUT2D eigenvalue weighted by Gasteiger charge is 1.95. The SMILES string of the molecule is O=CCCCCCCCC(=O)O.O=c1cc[nH]c(=O)[nH]1. The summed E-state index contributed by atoms with van der Waals surface area (Å²) in [6, 6.07) is 1.24. The molecule has 0 aromatic carbocycles. The van der Waals surface area contributed by atoms with Crippen molar-refractivity contribution in [3.05, 3.63) is 33.1 Å². The molecule has 0 unspecified atom stereocenters. The molecular formula is C13H20N2O5. The summed E-state index contributed by atoms with van der Waals surface area (Å²) in [6.07, 6.45) is 7.88. The van der Waals surface area contributed by atoms with E-state index in [1.54, 1.807) is 0 Å². The van der Waals surface area contributed by atoms with Crippen LogP contribution in [0.5, 0.6) is 0 Å². The number of aliphatic carboxylic acids is 1. The number of carbonyl (C=O) groups excluding carboxylic acids is 1. The summed E-state index contributed by atoms with van der Waals surface area (Å²) in [6.45, 7) is 0. The van der Waals surface area contributed by atoms with Crippen LogP contribution in [0.4, 0.5) is 0 Å².